The normalized spacial score (nSPS) is 20.6. The van der Waals surface area contributed by atoms with E-state index >= 15 is 0 Å². The highest BCUT2D eigenvalue weighted by Crippen LogP contribution is 2.20. The topological polar surface area (TPSA) is 75.4 Å². The van der Waals surface area contributed by atoms with Crippen LogP contribution in [0, 0.1) is 0 Å². The number of nitrogens with two attached hydrogens (primary N) is 1. The van der Waals surface area contributed by atoms with Crippen molar-refractivity contribution in [3.8, 4) is 0 Å². The molecule has 1 aliphatic heterocycles. The summed E-state index contributed by atoms with van der Waals surface area (Å²) in [6, 6.07) is 0. The maximum absolute atomic E-state index is 12.0. The maximum atomic E-state index is 12.0. The lowest BCUT2D eigenvalue weighted by Crippen LogP contribution is -2.64. The number of nitrogens with one attached hydrogen (secondary N) is 1. The molecule has 16 heavy (non-hydrogen) atoms. The molecule has 1 rings (SSSR count). The lowest BCUT2D eigenvalue weighted by atomic mass is 9.95. The van der Waals surface area contributed by atoms with E-state index in [0.29, 0.717) is 13.1 Å². The third kappa shape index (κ3) is 2.72. The van der Waals surface area contributed by atoms with Crippen molar-refractivity contribution >= 4 is 11.8 Å². The fourth-order valence-corrected chi connectivity index (χ4v) is 1.82. The van der Waals surface area contributed by atoms with E-state index in [2.05, 4.69) is 5.32 Å². The summed E-state index contributed by atoms with van der Waals surface area (Å²) < 4.78 is 0. The number of amides is 2. The SMILES string of the molecule is CC(C)(N)CC(=O)N1CCNC(=O)C1(C)C. The smallest absolute Gasteiger partial charge is 0.245 e. The summed E-state index contributed by atoms with van der Waals surface area (Å²) in [6.07, 6.45) is 0.254. The number of hydrogen-bond acceptors (Lipinski definition) is 3. The Bertz CT molecular complexity index is 305. The number of carbonyl (C=O) groups is 2. The van der Waals surface area contributed by atoms with Gasteiger partial charge >= 0.3 is 0 Å². The van der Waals surface area contributed by atoms with Crippen LogP contribution in [-0.4, -0.2) is 40.9 Å². The van der Waals surface area contributed by atoms with Gasteiger partial charge in [-0.3, -0.25) is 9.59 Å². The van der Waals surface area contributed by atoms with Crippen LogP contribution in [-0.2, 0) is 9.59 Å². The second-order valence-electron chi connectivity index (χ2n) is 5.53. The molecule has 0 saturated carbocycles. The van der Waals surface area contributed by atoms with Gasteiger partial charge in [0, 0.05) is 25.0 Å². The van der Waals surface area contributed by atoms with E-state index in [1.54, 1.807) is 18.7 Å². The molecule has 5 nitrogen and oxygen atoms in total. The second-order valence-corrected chi connectivity index (χ2v) is 5.53. The average Bonchev–Trinajstić information content (AvgIpc) is 2.06. The zero-order chi connectivity index (χ0) is 12.6. The molecular formula is C11H21N3O2. The first-order chi connectivity index (χ1) is 7.14. The molecule has 1 heterocycles. The summed E-state index contributed by atoms with van der Waals surface area (Å²) >= 11 is 0. The van der Waals surface area contributed by atoms with Crippen molar-refractivity contribution in [3.63, 3.8) is 0 Å². The molecule has 2 amide bonds. The number of carbonyl (C=O) groups excluding carboxylic acids is 2. The summed E-state index contributed by atoms with van der Waals surface area (Å²) in [5.41, 5.74) is 4.50. The van der Waals surface area contributed by atoms with Crippen LogP contribution in [0.15, 0.2) is 0 Å². The third-order valence-corrected chi connectivity index (χ3v) is 2.76. The number of hydrogen-bond donors (Lipinski definition) is 2. The fraction of sp³-hybridized carbons (Fsp3) is 0.818. The molecular weight excluding hydrogens is 206 g/mol. The molecule has 0 aromatic carbocycles. The summed E-state index contributed by atoms with van der Waals surface area (Å²) in [5.74, 6) is -0.172. The minimum atomic E-state index is -0.777. The molecule has 0 spiro atoms. The minimum Gasteiger partial charge on any atom is -0.352 e. The van der Waals surface area contributed by atoms with E-state index in [0.717, 1.165) is 0 Å². The van der Waals surface area contributed by atoms with Crippen LogP contribution in [0.25, 0.3) is 0 Å². The van der Waals surface area contributed by atoms with Gasteiger partial charge < -0.3 is 16.0 Å². The van der Waals surface area contributed by atoms with Crippen LogP contribution in [0.3, 0.4) is 0 Å². The zero-order valence-corrected chi connectivity index (χ0v) is 10.5. The highest BCUT2D eigenvalue weighted by Gasteiger charge is 2.40. The fourth-order valence-electron chi connectivity index (χ4n) is 1.82. The summed E-state index contributed by atoms with van der Waals surface area (Å²) in [7, 11) is 0. The van der Waals surface area contributed by atoms with Crippen LogP contribution in [0.4, 0.5) is 0 Å². The largest absolute Gasteiger partial charge is 0.352 e. The molecule has 1 saturated heterocycles. The van der Waals surface area contributed by atoms with Gasteiger partial charge in [-0.15, -0.1) is 0 Å². The van der Waals surface area contributed by atoms with Gasteiger partial charge in [0.1, 0.15) is 5.54 Å². The predicted molar refractivity (Wildman–Crippen MR) is 61.7 cm³/mol. The molecule has 1 aliphatic rings. The Balaban J connectivity index is 2.79. The van der Waals surface area contributed by atoms with Crippen molar-refractivity contribution in [2.75, 3.05) is 13.1 Å². The summed E-state index contributed by atoms with van der Waals surface area (Å²) in [4.78, 5) is 25.3. The molecule has 5 heteroatoms. The van der Waals surface area contributed by atoms with Crippen LogP contribution in [0.1, 0.15) is 34.1 Å². The summed E-state index contributed by atoms with van der Waals surface area (Å²) in [5, 5.41) is 2.76. The molecule has 0 unspecified atom stereocenters. The zero-order valence-electron chi connectivity index (χ0n) is 10.5. The first-order valence-electron chi connectivity index (χ1n) is 5.52. The predicted octanol–water partition coefficient (Wildman–Crippen LogP) is -0.149. The molecule has 3 N–H and O–H groups in total. The van der Waals surface area contributed by atoms with Gasteiger partial charge in [-0.25, -0.2) is 0 Å². The molecule has 0 radical (unpaired) electrons. The van der Waals surface area contributed by atoms with Crippen molar-refractivity contribution in [2.45, 2.75) is 45.2 Å². The van der Waals surface area contributed by atoms with E-state index in [1.165, 1.54) is 0 Å². The molecule has 0 aromatic heterocycles. The van der Waals surface area contributed by atoms with Gasteiger partial charge in [0.05, 0.1) is 0 Å². The second kappa shape index (κ2) is 4.05. The Hall–Kier alpha value is -1.10. The molecule has 0 bridgehead atoms. The van der Waals surface area contributed by atoms with Gasteiger partial charge in [0.25, 0.3) is 0 Å². The van der Waals surface area contributed by atoms with E-state index < -0.39 is 11.1 Å². The van der Waals surface area contributed by atoms with Gasteiger partial charge in [0.2, 0.25) is 11.8 Å². The first kappa shape index (κ1) is 13.0. The first-order valence-corrected chi connectivity index (χ1v) is 5.52. The van der Waals surface area contributed by atoms with Crippen molar-refractivity contribution < 1.29 is 9.59 Å². The molecule has 0 aromatic rings. The Morgan fingerprint density at radius 2 is 2.12 bits per heavy atom. The minimum absolute atomic E-state index is 0.0626. The number of rotatable bonds is 2. The average molecular weight is 227 g/mol. The Morgan fingerprint density at radius 1 is 1.56 bits per heavy atom. The van der Waals surface area contributed by atoms with Gasteiger partial charge in [0.15, 0.2) is 0 Å². The molecule has 1 fully saturated rings. The summed E-state index contributed by atoms with van der Waals surface area (Å²) in [6.45, 7) is 8.18. The van der Waals surface area contributed by atoms with E-state index in [1.807, 2.05) is 13.8 Å². The lowest BCUT2D eigenvalue weighted by molar-refractivity contribution is -0.149. The standard InChI is InChI=1S/C11H21N3O2/c1-10(2,12)7-8(15)14-6-5-13-9(16)11(14,3)4/h5-7,12H2,1-4H3,(H,13,16). The lowest BCUT2D eigenvalue weighted by Gasteiger charge is -2.42. The van der Waals surface area contributed by atoms with Gasteiger partial charge in [-0.1, -0.05) is 0 Å². The van der Waals surface area contributed by atoms with Crippen molar-refractivity contribution in [1.29, 1.82) is 0 Å². The monoisotopic (exact) mass is 227 g/mol. The Morgan fingerprint density at radius 3 is 2.62 bits per heavy atom. The van der Waals surface area contributed by atoms with Gasteiger partial charge in [-0.05, 0) is 27.7 Å². The molecule has 0 aliphatic carbocycles. The molecule has 0 atom stereocenters. The van der Waals surface area contributed by atoms with Crippen molar-refractivity contribution in [2.24, 2.45) is 5.73 Å². The number of piperazine rings is 1. The third-order valence-electron chi connectivity index (χ3n) is 2.76. The van der Waals surface area contributed by atoms with Crippen molar-refractivity contribution in [1.82, 2.24) is 10.2 Å². The quantitative estimate of drug-likeness (QED) is 0.689. The number of nitrogens with zero attached hydrogens (tertiary/aromatic N) is 1. The van der Waals surface area contributed by atoms with Crippen LogP contribution in [0.5, 0.6) is 0 Å². The van der Waals surface area contributed by atoms with E-state index in [4.69, 9.17) is 5.73 Å². The molecule has 92 valence electrons. The van der Waals surface area contributed by atoms with E-state index in [-0.39, 0.29) is 18.2 Å². The highest BCUT2D eigenvalue weighted by atomic mass is 16.2. The Labute approximate surface area is 96.4 Å². The van der Waals surface area contributed by atoms with Crippen LogP contribution >= 0.6 is 0 Å². The van der Waals surface area contributed by atoms with Crippen LogP contribution in [0.2, 0.25) is 0 Å². The van der Waals surface area contributed by atoms with E-state index in [9.17, 15) is 9.59 Å². The van der Waals surface area contributed by atoms with Gasteiger partial charge in [-0.2, -0.15) is 0 Å². The Kier molecular flexibility index (Phi) is 3.28. The maximum Gasteiger partial charge on any atom is 0.245 e. The highest BCUT2D eigenvalue weighted by molar-refractivity contribution is 5.92. The van der Waals surface area contributed by atoms with Crippen LogP contribution < -0.4 is 11.1 Å². The van der Waals surface area contributed by atoms with Crippen molar-refractivity contribution in [3.05, 3.63) is 0 Å².